The topological polar surface area (TPSA) is 83.3 Å². The van der Waals surface area contributed by atoms with Gasteiger partial charge in [0.2, 0.25) is 11.8 Å². The summed E-state index contributed by atoms with van der Waals surface area (Å²) in [6, 6.07) is 19.9. The highest BCUT2D eigenvalue weighted by atomic mass is 16.5. The van der Waals surface area contributed by atoms with Gasteiger partial charge in [0.1, 0.15) is 23.6 Å². The molecular weight excluding hydrogens is 402 g/mol. The van der Waals surface area contributed by atoms with Gasteiger partial charge in [-0.2, -0.15) is 5.26 Å². The van der Waals surface area contributed by atoms with Crippen molar-refractivity contribution in [2.75, 3.05) is 11.5 Å². The summed E-state index contributed by atoms with van der Waals surface area (Å²) in [5.41, 5.74) is 0.965. The molecule has 3 aromatic rings. The van der Waals surface area contributed by atoms with Gasteiger partial charge in [0.15, 0.2) is 0 Å². The number of allylic oxidation sites excluding steroid dienone is 2. The molecule has 2 heterocycles. The predicted octanol–water partition coefficient (Wildman–Crippen LogP) is 4.18. The number of hydrogen-bond acceptors (Lipinski definition) is 5. The molecule has 0 saturated carbocycles. The van der Waals surface area contributed by atoms with E-state index in [1.165, 1.54) is 4.90 Å². The Labute approximate surface area is 185 Å². The molecule has 5 rings (SSSR count). The summed E-state index contributed by atoms with van der Waals surface area (Å²) >= 11 is 0. The lowest BCUT2D eigenvalue weighted by Gasteiger charge is -2.29. The molecule has 1 saturated heterocycles. The van der Waals surface area contributed by atoms with Crippen LogP contribution in [0.4, 0.5) is 5.82 Å². The molecule has 2 aromatic carbocycles. The van der Waals surface area contributed by atoms with Crippen LogP contribution in [0.5, 0.6) is 5.75 Å². The van der Waals surface area contributed by atoms with Crippen molar-refractivity contribution in [1.82, 2.24) is 4.98 Å². The SMILES string of the molecule is CC1=CC2(COc3ccc(C#N)cc3)C(=O)N(c3ccc4ccccc4n3)C(=O)C2C=C1. The van der Waals surface area contributed by atoms with Gasteiger partial charge in [-0.1, -0.05) is 42.0 Å². The number of nitrogens with zero attached hydrogens (tertiary/aromatic N) is 3. The number of amides is 2. The van der Waals surface area contributed by atoms with E-state index >= 15 is 0 Å². The lowest BCUT2D eigenvalue weighted by atomic mass is 9.73. The second-order valence-corrected chi connectivity index (χ2v) is 8.03. The van der Waals surface area contributed by atoms with E-state index in [0.29, 0.717) is 22.6 Å². The molecule has 1 aliphatic heterocycles. The van der Waals surface area contributed by atoms with Gasteiger partial charge in [-0.05, 0) is 49.4 Å². The average Bonchev–Trinajstić information content (AvgIpc) is 3.03. The normalized spacial score (nSPS) is 21.9. The van der Waals surface area contributed by atoms with Crippen LogP contribution in [0, 0.1) is 22.7 Å². The zero-order valence-electron chi connectivity index (χ0n) is 17.4. The van der Waals surface area contributed by atoms with Gasteiger partial charge < -0.3 is 4.74 Å². The van der Waals surface area contributed by atoms with Crippen LogP contribution < -0.4 is 9.64 Å². The molecule has 0 bridgehead atoms. The molecule has 2 unspecified atom stereocenters. The number of nitriles is 1. The second kappa shape index (κ2) is 7.47. The smallest absolute Gasteiger partial charge is 0.249 e. The van der Waals surface area contributed by atoms with E-state index in [2.05, 4.69) is 11.1 Å². The van der Waals surface area contributed by atoms with E-state index in [-0.39, 0.29) is 18.4 Å². The van der Waals surface area contributed by atoms with Crippen molar-refractivity contribution < 1.29 is 14.3 Å². The first kappa shape index (κ1) is 19.7. The van der Waals surface area contributed by atoms with Crippen LogP contribution in [-0.4, -0.2) is 23.4 Å². The van der Waals surface area contributed by atoms with Crippen molar-refractivity contribution in [1.29, 1.82) is 5.26 Å². The largest absolute Gasteiger partial charge is 0.492 e. The fourth-order valence-corrected chi connectivity index (χ4v) is 4.33. The summed E-state index contributed by atoms with van der Waals surface area (Å²) in [4.78, 5) is 32.9. The molecule has 0 spiro atoms. The number of para-hydroxylation sites is 1. The van der Waals surface area contributed by atoms with E-state index in [1.54, 1.807) is 36.4 Å². The van der Waals surface area contributed by atoms with Crippen LogP contribution in [-0.2, 0) is 9.59 Å². The van der Waals surface area contributed by atoms with Gasteiger partial charge in [-0.25, -0.2) is 9.88 Å². The third kappa shape index (κ3) is 3.07. The van der Waals surface area contributed by atoms with Crippen molar-refractivity contribution in [3.8, 4) is 11.8 Å². The van der Waals surface area contributed by atoms with Gasteiger partial charge in [-0.3, -0.25) is 9.59 Å². The lowest BCUT2D eigenvalue weighted by molar-refractivity contribution is -0.125. The van der Waals surface area contributed by atoms with Crippen LogP contribution >= 0.6 is 0 Å². The molecule has 6 heteroatoms. The number of aromatic nitrogens is 1. The van der Waals surface area contributed by atoms with E-state index < -0.39 is 11.3 Å². The number of imide groups is 1. The Morgan fingerprint density at radius 3 is 2.66 bits per heavy atom. The van der Waals surface area contributed by atoms with E-state index in [9.17, 15) is 9.59 Å². The number of fused-ring (bicyclic) bond motifs is 2. The molecular formula is C26H19N3O3. The predicted molar refractivity (Wildman–Crippen MR) is 120 cm³/mol. The van der Waals surface area contributed by atoms with Crippen molar-refractivity contribution in [2.24, 2.45) is 11.3 Å². The number of rotatable bonds is 4. The highest BCUT2D eigenvalue weighted by molar-refractivity contribution is 6.25. The Kier molecular flexibility index (Phi) is 4.60. The summed E-state index contributed by atoms with van der Waals surface area (Å²) in [7, 11) is 0. The molecule has 0 N–H and O–H groups in total. The minimum Gasteiger partial charge on any atom is -0.492 e. The molecule has 2 atom stereocenters. The van der Waals surface area contributed by atoms with Gasteiger partial charge in [-0.15, -0.1) is 0 Å². The fraction of sp³-hybridized carbons (Fsp3) is 0.154. The Hall–Kier alpha value is -4.24. The number of benzene rings is 2. The van der Waals surface area contributed by atoms with Gasteiger partial charge >= 0.3 is 0 Å². The van der Waals surface area contributed by atoms with E-state index in [1.807, 2.05) is 49.4 Å². The average molecular weight is 421 g/mol. The zero-order chi connectivity index (χ0) is 22.3. The van der Waals surface area contributed by atoms with Gasteiger partial charge in [0.25, 0.3) is 0 Å². The highest BCUT2D eigenvalue weighted by Crippen LogP contribution is 2.45. The third-order valence-corrected chi connectivity index (χ3v) is 5.95. The molecule has 6 nitrogen and oxygen atoms in total. The van der Waals surface area contributed by atoms with E-state index in [0.717, 1.165) is 11.0 Å². The molecule has 1 aliphatic carbocycles. The number of ether oxygens (including phenoxy) is 1. The highest BCUT2D eigenvalue weighted by Gasteiger charge is 2.59. The van der Waals surface area contributed by atoms with Gasteiger partial charge in [0, 0.05) is 5.39 Å². The summed E-state index contributed by atoms with van der Waals surface area (Å²) in [6.45, 7) is 1.89. The van der Waals surface area contributed by atoms with Crippen LogP contribution in [0.15, 0.2) is 84.5 Å². The first-order valence-corrected chi connectivity index (χ1v) is 10.3. The minimum absolute atomic E-state index is 0.0000977. The van der Waals surface area contributed by atoms with Gasteiger partial charge in [0.05, 0.1) is 23.1 Å². The maximum atomic E-state index is 13.7. The number of hydrogen-bond donors (Lipinski definition) is 0. The maximum Gasteiger partial charge on any atom is 0.249 e. The molecule has 2 amide bonds. The number of pyridine rings is 1. The Morgan fingerprint density at radius 1 is 1.09 bits per heavy atom. The van der Waals surface area contributed by atoms with Crippen LogP contribution in [0.1, 0.15) is 12.5 Å². The van der Waals surface area contributed by atoms with Crippen molar-refractivity contribution in [3.63, 3.8) is 0 Å². The van der Waals surface area contributed by atoms with Crippen molar-refractivity contribution in [3.05, 3.63) is 90.0 Å². The van der Waals surface area contributed by atoms with E-state index in [4.69, 9.17) is 10.00 Å². The quantitative estimate of drug-likeness (QED) is 0.590. The summed E-state index contributed by atoms with van der Waals surface area (Å²) in [6.07, 6.45) is 5.45. The standard InChI is InChI=1S/C26H19N3O3/c1-17-6-12-21-24(30)29(23-13-9-19-4-2-3-5-22(19)28-23)25(31)26(21,14-17)16-32-20-10-7-18(15-27)8-11-20/h2-14,21H,16H2,1H3. The Morgan fingerprint density at radius 2 is 1.88 bits per heavy atom. The van der Waals surface area contributed by atoms with Crippen LogP contribution in [0.3, 0.4) is 0 Å². The molecule has 2 aliphatic rings. The van der Waals surface area contributed by atoms with Crippen molar-refractivity contribution >= 4 is 28.5 Å². The van der Waals surface area contributed by atoms with Crippen LogP contribution in [0.2, 0.25) is 0 Å². The Balaban J connectivity index is 1.52. The number of anilines is 1. The first-order chi connectivity index (χ1) is 15.5. The minimum atomic E-state index is -1.16. The number of carbonyl (C=O) groups excluding carboxylic acids is 2. The lowest BCUT2D eigenvalue weighted by Crippen LogP contribution is -2.41. The molecule has 1 aromatic heterocycles. The zero-order valence-corrected chi connectivity index (χ0v) is 17.4. The Bertz CT molecular complexity index is 1350. The molecule has 32 heavy (non-hydrogen) atoms. The summed E-state index contributed by atoms with van der Waals surface area (Å²) in [5.74, 6) is -0.509. The van der Waals surface area contributed by atoms with Crippen molar-refractivity contribution in [2.45, 2.75) is 6.92 Å². The third-order valence-electron chi connectivity index (χ3n) is 5.95. The molecule has 156 valence electrons. The molecule has 1 fully saturated rings. The summed E-state index contributed by atoms with van der Waals surface area (Å²) in [5, 5.41) is 9.91. The first-order valence-electron chi connectivity index (χ1n) is 10.3. The maximum absolute atomic E-state index is 13.7. The molecule has 0 radical (unpaired) electrons. The number of carbonyl (C=O) groups is 2. The summed E-state index contributed by atoms with van der Waals surface area (Å²) < 4.78 is 5.96. The fourth-order valence-electron chi connectivity index (χ4n) is 4.33. The van der Waals surface area contributed by atoms with Crippen LogP contribution in [0.25, 0.3) is 10.9 Å². The monoisotopic (exact) mass is 421 g/mol. The second-order valence-electron chi connectivity index (χ2n) is 8.03.